The van der Waals surface area contributed by atoms with E-state index in [1.54, 1.807) is 12.1 Å². The number of sulfone groups is 1. The first-order chi connectivity index (χ1) is 14.9. The van der Waals surface area contributed by atoms with Crippen LogP contribution in [0.1, 0.15) is 18.4 Å². The summed E-state index contributed by atoms with van der Waals surface area (Å²) < 4.78 is 37.6. The molecule has 1 unspecified atom stereocenters. The zero-order valence-electron chi connectivity index (χ0n) is 17.4. The zero-order chi connectivity index (χ0) is 22.0. The van der Waals surface area contributed by atoms with Crippen molar-refractivity contribution >= 4 is 42.4 Å². The van der Waals surface area contributed by atoms with E-state index in [0.717, 1.165) is 28.6 Å². The van der Waals surface area contributed by atoms with Crippen molar-refractivity contribution in [3.8, 4) is 5.75 Å². The van der Waals surface area contributed by atoms with Crippen LogP contribution in [0.4, 0.5) is 5.13 Å². The molecule has 1 aliphatic heterocycles. The fourth-order valence-corrected chi connectivity index (χ4v) is 5.84. The molecule has 2 aromatic carbocycles. The Morgan fingerprint density at radius 3 is 2.68 bits per heavy atom. The molecule has 4 rings (SSSR count). The van der Waals surface area contributed by atoms with E-state index >= 15 is 0 Å². The quantitative estimate of drug-likeness (QED) is 0.536. The summed E-state index contributed by atoms with van der Waals surface area (Å²) in [6.45, 7) is 2.90. The number of para-hydroxylation sites is 1. The molecule has 1 aromatic heterocycles. The van der Waals surface area contributed by atoms with Crippen molar-refractivity contribution in [3.63, 3.8) is 0 Å². The summed E-state index contributed by atoms with van der Waals surface area (Å²) in [5, 5.41) is 0.495. The SMILES string of the molecule is COc1ccc(S(=O)(=O)CC(=O)N(CC2CCCO2)c2nc3c(C)cccc3s2)cc1. The maximum atomic E-state index is 13.2. The summed E-state index contributed by atoms with van der Waals surface area (Å²) in [6.07, 6.45) is 1.63. The van der Waals surface area contributed by atoms with Crippen LogP contribution in [0.3, 0.4) is 0 Å². The highest BCUT2D eigenvalue weighted by molar-refractivity contribution is 7.92. The second-order valence-corrected chi connectivity index (χ2v) is 10.5. The van der Waals surface area contributed by atoms with Gasteiger partial charge in [-0.05, 0) is 55.7 Å². The minimum Gasteiger partial charge on any atom is -0.497 e. The lowest BCUT2D eigenvalue weighted by Gasteiger charge is -2.23. The molecule has 2 heterocycles. The fourth-order valence-electron chi connectivity index (χ4n) is 3.58. The van der Waals surface area contributed by atoms with E-state index < -0.39 is 21.5 Å². The summed E-state index contributed by atoms with van der Waals surface area (Å²) in [5.74, 6) is -0.598. The molecule has 1 saturated heterocycles. The van der Waals surface area contributed by atoms with Crippen LogP contribution in [0.2, 0.25) is 0 Å². The largest absolute Gasteiger partial charge is 0.497 e. The number of anilines is 1. The lowest BCUT2D eigenvalue weighted by atomic mass is 10.2. The van der Waals surface area contributed by atoms with E-state index in [-0.39, 0.29) is 17.5 Å². The van der Waals surface area contributed by atoms with E-state index in [9.17, 15) is 13.2 Å². The van der Waals surface area contributed by atoms with E-state index in [1.807, 2.05) is 25.1 Å². The van der Waals surface area contributed by atoms with Crippen LogP contribution in [-0.2, 0) is 19.4 Å². The van der Waals surface area contributed by atoms with Crippen molar-refractivity contribution in [3.05, 3.63) is 48.0 Å². The van der Waals surface area contributed by atoms with Gasteiger partial charge >= 0.3 is 0 Å². The second kappa shape index (κ2) is 8.94. The molecule has 0 saturated carbocycles. The molecule has 3 aromatic rings. The molecule has 1 aliphatic rings. The van der Waals surface area contributed by atoms with Gasteiger partial charge in [0.1, 0.15) is 11.5 Å². The number of methoxy groups -OCH3 is 1. The number of aromatic nitrogens is 1. The summed E-state index contributed by atoms with van der Waals surface area (Å²) in [5.41, 5.74) is 1.83. The van der Waals surface area contributed by atoms with Gasteiger partial charge < -0.3 is 9.47 Å². The molecule has 0 N–H and O–H groups in total. The van der Waals surface area contributed by atoms with Crippen molar-refractivity contribution in [2.75, 3.05) is 30.9 Å². The Labute approximate surface area is 185 Å². The first kappa shape index (κ1) is 21.7. The molecular weight excluding hydrogens is 436 g/mol. The van der Waals surface area contributed by atoms with Crippen molar-refractivity contribution in [2.24, 2.45) is 0 Å². The number of hydrogen-bond donors (Lipinski definition) is 0. The normalized spacial score (nSPS) is 16.5. The van der Waals surface area contributed by atoms with E-state index in [1.165, 1.54) is 35.5 Å². The van der Waals surface area contributed by atoms with Crippen LogP contribution in [0.25, 0.3) is 10.2 Å². The Morgan fingerprint density at radius 2 is 2.03 bits per heavy atom. The highest BCUT2D eigenvalue weighted by Gasteiger charge is 2.30. The maximum absolute atomic E-state index is 13.2. The molecule has 0 bridgehead atoms. The van der Waals surface area contributed by atoms with Gasteiger partial charge in [-0.2, -0.15) is 0 Å². The van der Waals surface area contributed by atoms with E-state index in [4.69, 9.17) is 9.47 Å². The van der Waals surface area contributed by atoms with Crippen LogP contribution >= 0.6 is 11.3 Å². The predicted octanol–water partition coefficient (Wildman–Crippen LogP) is 3.60. The van der Waals surface area contributed by atoms with Gasteiger partial charge in [-0.3, -0.25) is 9.69 Å². The number of carbonyl (C=O) groups excluding carboxylic acids is 1. The monoisotopic (exact) mass is 460 g/mol. The summed E-state index contributed by atoms with van der Waals surface area (Å²) in [6, 6.07) is 11.9. The average molecular weight is 461 g/mol. The zero-order valence-corrected chi connectivity index (χ0v) is 19.0. The molecule has 9 heteroatoms. The van der Waals surface area contributed by atoms with Crippen molar-refractivity contribution in [2.45, 2.75) is 30.8 Å². The third-order valence-electron chi connectivity index (χ3n) is 5.28. The minimum atomic E-state index is -3.82. The smallest absolute Gasteiger partial charge is 0.244 e. The number of carbonyl (C=O) groups is 1. The first-order valence-electron chi connectivity index (χ1n) is 10.0. The van der Waals surface area contributed by atoms with Gasteiger partial charge in [-0.1, -0.05) is 23.5 Å². The van der Waals surface area contributed by atoms with Gasteiger partial charge in [-0.15, -0.1) is 0 Å². The molecule has 7 nitrogen and oxygen atoms in total. The number of amides is 1. The number of hydrogen-bond acceptors (Lipinski definition) is 7. The molecular formula is C22H24N2O5S2. The van der Waals surface area contributed by atoms with Crippen molar-refractivity contribution < 1.29 is 22.7 Å². The Morgan fingerprint density at radius 1 is 1.26 bits per heavy atom. The number of aryl methyl sites for hydroxylation is 1. The number of nitrogens with zero attached hydrogens (tertiary/aromatic N) is 2. The van der Waals surface area contributed by atoms with Crippen LogP contribution in [0.15, 0.2) is 47.4 Å². The number of ether oxygens (including phenoxy) is 2. The molecule has 164 valence electrons. The first-order valence-corrected chi connectivity index (χ1v) is 12.5. The van der Waals surface area contributed by atoms with Gasteiger partial charge in [0.15, 0.2) is 15.0 Å². The van der Waals surface area contributed by atoms with E-state index in [2.05, 4.69) is 4.98 Å². The summed E-state index contributed by atoms with van der Waals surface area (Å²) >= 11 is 1.39. The Bertz CT molecular complexity index is 1180. The van der Waals surface area contributed by atoms with Crippen molar-refractivity contribution in [1.29, 1.82) is 0 Å². The number of thiazole rings is 1. The molecule has 1 fully saturated rings. The Balaban J connectivity index is 1.63. The number of rotatable bonds is 7. The van der Waals surface area contributed by atoms with Crippen LogP contribution in [0.5, 0.6) is 5.75 Å². The maximum Gasteiger partial charge on any atom is 0.244 e. The molecule has 0 spiro atoms. The van der Waals surface area contributed by atoms with Crippen LogP contribution in [0, 0.1) is 6.92 Å². The molecule has 31 heavy (non-hydrogen) atoms. The van der Waals surface area contributed by atoms with Gasteiger partial charge in [-0.25, -0.2) is 13.4 Å². The highest BCUT2D eigenvalue weighted by Crippen LogP contribution is 2.32. The third kappa shape index (κ3) is 4.73. The van der Waals surface area contributed by atoms with Crippen molar-refractivity contribution in [1.82, 2.24) is 4.98 Å². The van der Waals surface area contributed by atoms with Gasteiger partial charge in [0.2, 0.25) is 5.91 Å². The van der Waals surface area contributed by atoms with E-state index in [0.29, 0.717) is 17.5 Å². The summed E-state index contributed by atoms with van der Waals surface area (Å²) in [7, 11) is -2.31. The Kier molecular flexibility index (Phi) is 6.27. The molecule has 0 radical (unpaired) electrons. The predicted molar refractivity (Wildman–Crippen MR) is 121 cm³/mol. The molecule has 1 atom stereocenters. The van der Waals surface area contributed by atoms with Gasteiger partial charge in [0.05, 0.1) is 34.9 Å². The minimum absolute atomic E-state index is 0.0823. The average Bonchev–Trinajstić information content (AvgIpc) is 3.42. The second-order valence-electron chi connectivity index (χ2n) is 7.49. The number of fused-ring (bicyclic) bond motifs is 1. The summed E-state index contributed by atoms with van der Waals surface area (Å²) in [4.78, 5) is 19.5. The van der Waals surface area contributed by atoms with Gasteiger partial charge in [0, 0.05) is 6.61 Å². The van der Waals surface area contributed by atoms with Crippen LogP contribution < -0.4 is 9.64 Å². The molecule has 0 aliphatic carbocycles. The lowest BCUT2D eigenvalue weighted by Crippen LogP contribution is -2.40. The van der Waals surface area contributed by atoms with Gasteiger partial charge in [0.25, 0.3) is 0 Å². The molecule has 1 amide bonds. The Hall–Kier alpha value is -2.49. The topological polar surface area (TPSA) is 85.8 Å². The highest BCUT2D eigenvalue weighted by atomic mass is 32.2. The number of benzene rings is 2. The standard InChI is InChI=1S/C22H24N2O5S2/c1-15-5-3-7-19-21(15)23-22(30-19)24(13-17-6-4-12-29-17)20(25)14-31(26,27)18-10-8-16(28-2)9-11-18/h3,5,7-11,17H,4,6,12-14H2,1-2H3. The fraction of sp³-hybridized carbons (Fsp3) is 0.364. The lowest BCUT2D eigenvalue weighted by molar-refractivity contribution is -0.116. The van der Waals surface area contributed by atoms with Crippen LogP contribution in [-0.4, -0.2) is 51.4 Å². The third-order valence-corrected chi connectivity index (χ3v) is 7.94.